The number of hydrazine groups is 6. The molecule has 2 saturated heterocycles. The molecule has 14 aromatic rings. The lowest BCUT2D eigenvalue weighted by atomic mass is 10.1. The van der Waals surface area contributed by atoms with Crippen LogP contribution in [-0.4, -0.2) is 220 Å². The van der Waals surface area contributed by atoms with Crippen LogP contribution in [0.5, 0.6) is 17.2 Å². The zero-order chi connectivity index (χ0) is 97.7. The zero-order valence-electron chi connectivity index (χ0n) is 78.6. The van der Waals surface area contributed by atoms with Crippen molar-refractivity contribution in [3.05, 3.63) is 266 Å². The lowest BCUT2D eigenvalue weighted by Gasteiger charge is -2.30. The van der Waals surface area contributed by atoms with Crippen LogP contribution in [0.3, 0.4) is 0 Å². The Hall–Kier alpha value is -14.4. The van der Waals surface area contributed by atoms with Crippen LogP contribution in [0.1, 0.15) is 73.7 Å². The van der Waals surface area contributed by atoms with E-state index in [1.165, 1.54) is 46.1 Å². The molecule has 0 saturated carbocycles. The molecule has 5 aliphatic rings. The number of nitrogens with zero attached hydrogens (tertiary/aromatic N) is 11. The fourth-order valence-corrected chi connectivity index (χ4v) is 19.6. The Kier molecular flexibility index (Phi) is 30.3. The maximum atomic E-state index is 14.4. The maximum Gasteiger partial charge on any atom is 0.363 e. The summed E-state index contributed by atoms with van der Waals surface area (Å²) in [4.78, 5) is 118. The molecular formula is C102H105N17O20S3. The van der Waals surface area contributed by atoms with Crippen molar-refractivity contribution in [3.8, 4) is 49.0 Å². The molecule has 736 valence electrons. The van der Waals surface area contributed by atoms with E-state index in [9.17, 15) is 33.6 Å². The first kappa shape index (κ1) is 96.5. The maximum absolute atomic E-state index is 14.4. The van der Waals surface area contributed by atoms with Crippen LogP contribution in [0.2, 0.25) is 0 Å². The van der Waals surface area contributed by atoms with E-state index in [2.05, 4.69) is 93.3 Å². The lowest BCUT2D eigenvalue weighted by Crippen LogP contribution is -2.47. The van der Waals surface area contributed by atoms with Crippen LogP contribution >= 0.6 is 34.0 Å². The lowest BCUT2D eigenvalue weighted by molar-refractivity contribution is -0.172. The summed E-state index contributed by atoms with van der Waals surface area (Å²) in [5.41, 5.74) is 26.8. The van der Waals surface area contributed by atoms with Crippen molar-refractivity contribution in [1.29, 1.82) is 0 Å². The van der Waals surface area contributed by atoms with E-state index in [0.29, 0.717) is 118 Å². The average molecular weight is 1990 g/mol. The molecule has 0 bridgehead atoms. The van der Waals surface area contributed by atoms with Gasteiger partial charge in [0.05, 0.1) is 189 Å². The number of anilines is 3. The SMILES string of the molecule is CC(C)N(CC1=CN(CCOCCOCCOc2cc(C(=O)NCc3ccc(C(=O)ON4C(=O)CCC4=O)cc3)cc(OCCOCCOCCN3C=C(CN(c4ccc5cc(-c6nc7ccccc7s6)c(=O)oc5c4)C(C)C)NN3)c2OCCOCCOCCN2C=C3CN(c4ccc5cc(-c6nc7ccccc7s6)c(=O)oc5c4)C(C)N3N2)NN1)c1ccc2cc(-c3nc4ccccc4s3)c(=O)oc2c1. The second-order valence-corrected chi connectivity index (χ2v) is 37.6. The topological polar surface area (TPSA) is 388 Å². The molecule has 2 fully saturated rings. The molecule has 5 aliphatic heterocycles. The zero-order valence-corrected chi connectivity index (χ0v) is 81.0. The Bertz CT molecular complexity index is 6900. The van der Waals surface area contributed by atoms with E-state index in [-0.39, 0.29) is 145 Å². The van der Waals surface area contributed by atoms with Crippen molar-refractivity contribution in [3.63, 3.8) is 0 Å². The molecule has 0 spiro atoms. The number of amides is 3. The summed E-state index contributed by atoms with van der Waals surface area (Å²) in [6.07, 6.45) is 5.86. The highest BCUT2D eigenvalue weighted by Crippen LogP contribution is 2.42. The summed E-state index contributed by atoms with van der Waals surface area (Å²) >= 11 is 4.37. The van der Waals surface area contributed by atoms with Gasteiger partial charge in [0.15, 0.2) is 11.5 Å². The third-order valence-corrected chi connectivity index (χ3v) is 27.3. The Balaban J connectivity index is 0.464. The number of aromatic nitrogens is 3. The largest absolute Gasteiger partial charge is 0.487 e. The van der Waals surface area contributed by atoms with Crippen molar-refractivity contribution in [1.82, 2.24) is 72.8 Å². The third-order valence-electron chi connectivity index (χ3n) is 24.1. The van der Waals surface area contributed by atoms with Gasteiger partial charge in [-0.25, -0.2) is 34.1 Å². The highest BCUT2D eigenvalue weighted by molar-refractivity contribution is 7.22. The monoisotopic (exact) mass is 1980 g/mol. The smallest absolute Gasteiger partial charge is 0.363 e. The molecule has 1 atom stereocenters. The van der Waals surface area contributed by atoms with Crippen molar-refractivity contribution < 1.29 is 79.9 Å². The number of para-hydroxylation sites is 3. The summed E-state index contributed by atoms with van der Waals surface area (Å²) in [5, 5.41) is 15.6. The number of ether oxygens (including phenoxy) is 9. The number of hydrogen-bond acceptors (Lipinski definition) is 38. The number of nitrogens with one attached hydrogen (secondary N) is 6. The van der Waals surface area contributed by atoms with Gasteiger partial charge in [0.2, 0.25) is 5.75 Å². The number of hydroxylamine groups is 2. The van der Waals surface area contributed by atoms with Gasteiger partial charge in [0.1, 0.15) is 57.8 Å². The van der Waals surface area contributed by atoms with Gasteiger partial charge in [-0.15, -0.1) is 55.7 Å². The van der Waals surface area contributed by atoms with E-state index in [4.69, 9.17) is 75.7 Å². The Morgan fingerprint density at radius 1 is 0.465 bits per heavy atom. The molecule has 0 radical (unpaired) electrons. The van der Waals surface area contributed by atoms with Gasteiger partial charge in [0, 0.05) is 107 Å². The molecule has 3 amide bonds. The first-order valence-electron chi connectivity index (χ1n) is 46.9. The molecule has 8 aromatic carbocycles. The number of fused-ring (bicyclic) bond motifs is 7. The summed E-state index contributed by atoms with van der Waals surface area (Å²) in [7, 11) is 0. The van der Waals surface area contributed by atoms with Gasteiger partial charge in [0.25, 0.3) is 17.7 Å². The first-order chi connectivity index (χ1) is 69.3. The van der Waals surface area contributed by atoms with Gasteiger partial charge in [-0.3, -0.25) is 34.4 Å². The van der Waals surface area contributed by atoms with Gasteiger partial charge in [-0.1, -0.05) is 48.5 Å². The van der Waals surface area contributed by atoms with Crippen molar-refractivity contribution >= 4 is 138 Å². The fourth-order valence-electron chi connectivity index (χ4n) is 16.7. The third kappa shape index (κ3) is 22.9. The first-order valence-corrected chi connectivity index (χ1v) is 49.3. The van der Waals surface area contributed by atoms with E-state index >= 15 is 0 Å². The summed E-state index contributed by atoms with van der Waals surface area (Å²) < 4.78 is 76.5. The number of thiazole rings is 3. The number of benzene rings is 8. The second kappa shape index (κ2) is 44.6. The summed E-state index contributed by atoms with van der Waals surface area (Å²) in [5.74, 6) is -2.08. The molecule has 19 rings (SSSR count). The van der Waals surface area contributed by atoms with Crippen LogP contribution in [0.15, 0.2) is 245 Å². The van der Waals surface area contributed by atoms with E-state index in [1.807, 2.05) is 173 Å². The van der Waals surface area contributed by atoms with Crippen LogP contribution in [0, 0.1) is 0 Å². The highest BCUT2D eigenvalue weighted by Gasteiger charge is 2.38. The average Bonchev–Trinajstić information content (AvgIpc) is 1.67. The Morgan fingerprint density at radius 2 is 0.887 bits per heavy atom. The molecule has 6 aromatic heterocycles. The quantitative estimate of drug-likeness (QED) is 0.0117. The Labute approximate surface area is 826 Å². The molecule has 1 unspecified atom stereocenters. The van der Waals surface area contributed by atoms with Crippen LogP contribution in [0.4, 0.5) is 17.1 Å². The number of imide groups is 1. The molecule has 40 heteroatoms. The number of carbonyl (C=O) groups is 4. The van der Waals surface area contributed by atoms with Crippen LogP contribution in [-0.2, 0) is 49.4 Å². The van der Waals surface area contributed by atoms with Gasteiger partial charge in [-0.2, -0.15) is 0 Å². The van der Waals surface area contributed by atoms with Crippen molar-refractivity contribution in [2.24, 2.45) is 0 Å². The normalized spacial score (nSPS) is 14.8. The van der Waals surface area contributed by atoms with Gasteiger partial charge >= 0.3 is 22.8 Å². The minimum absolute atomic E-state index is 0.0144. The van der Waals surface area contributed by atoms with Crippen LogP contribution < -0.4 is 78.6 Å². The predicted octanol–water partition coefficient (Wildman–Crippen LogP) is 13.1. The van der Waals surface area contributed by atoms with Gasteiger partial charge in [-0.05, 0) is 155 Å². The number of carbonyl (C=O) groups excluding carboxylic acids is 4. The van der Waals surface area contributed by atoms with Crippen molar-refractivity contribution in [2.45, 2.75) is 72.3 Å². The number of hydrogen-bond donors (Lipinski definition) is 6. The van der Waals surface area contributed by atoms with Crippen LogP contribution in [0.25, 0.3) is 95.3 Å². The predicted molar refractivity (Wildman–Crippen MR) is 539 cm³/mol. The highest BCUT2D eigenvalue weighted by atomic mass is 32.1. The minimum Gasteiger partial charge on any atom is -0.487 e. The number of rotatable bonds is 47. The minimum atomic E-state index is -0.890. The van der Waals surface area contributed by atoms with E-state index < -0.39 is 40.6 Å². The molecule has 6 N–H and O–H groups in total. The molecule has 11 heterocycles. The van der Waals surface area contributed by atoms with E-state index in [1.54, 1.807) is 24.3 Å². The molecule has 37 nitrogen and oxygen atoms in total. The van der Waals surface area contributed by atoms with E-state index in [0.717, 1.165) is 81.0 Å². The molecule has 0 aliphatic carbocycles. The van der Waals surface area contributed by atoms with Crippen molar-refractivity contribution in [2.75, 3.05) is 153 Å². The van der Waals surface area contributed by atoms with Gasteiger partial charge < -0.3 is 91.6 Å². The Morgan fingerprint density at radius 3 is 1.34 bits per heavy atom. The second-order valence-electron chi connectivity index (χ2n) is 34.5. The summed E-state index contributed by atoms with van der Waals surface area (Å²) in [6.45, 7) is 16.8. The standard InChI is InChI=1S/C102H105N17O20S3/c1-63(2)115(74-25-22-68-48-78(100(124)136-84(68)53-74)96-104-81-12-6-9-15-89(81)140-96)59-72-57-112(109-107-72)30-33-127-36-39-130-42-45-133-87-51-71(95(122)103-56-66-18-20-67(21-19-66)99(123)139-119-92(120)28-29-93(119)121)52-88(134-46-43-131-40-37-128-34-31-113-58-73(108-110-113)60-116(64(3)4)75-26-23-69-49-79(101(125)137-85(69)54-75)97-105-82-13-7-10-16-90(82)141-97)94(87)135-47-44-132-41-38-129-35-32-114-61-77-62-117(65(5)118(77)111-114)76-27-24-70-50-80(102(126)138-86(70)55-76)98-106-83-14-8-11-17-91(83)142-98/h6-27,48-55,57-58,61,63-65,107-111H,28-47,56,59-60,62H2,1-5H3,(H,103,122). The molecule has 142 heavy (non-hydrogen) atoms. The molecular weight excluding hydrogens is 1880 g/mol. The fraction of sp³-hybridized carbons (Fsp3) is 0.314. The summed E-state index contributed by atoms with van der Waals surface area (Å²) in [6, 6.07) is 56.1.